The van der Waals surface area contributed by atoms with E-state index in [1.807, 2.05) is 18.2 Å². The Morgan fingerprint density at radius 1 is 0.810 bits per heavy atom. The van der Waals surface area contributed by atoms with Gasteiger partial charge in [0.2, 0.25) is 0 Å². The largest absolute Gasteiger partial charge is 0.478 e. The number of pyridine rings is 2. The van der Waals surface area contributed by atoms with Crippen LogP contribution >= 0.6 is 0 Å². The molecule has 4 nitrogen and oxygen atoms in total. The second-order valence-corrected chi connectivity index (χ2v) is 4.52. The summed E-state index contributed by atoms with van der Waals surface area (Å²) in [6.07, 6.45) is 6.65. The summed E-state index contributed by atoms with van der Waals surface area (Å²) in [4.78, 5) is 19.9. The van der Waals surface area contributed by atoms with Crippen molar-refractivity contribution in [3.63, 3.8) is 0 Å². The van der Waals surface area contributed by atoms with Gasteiger partial charge in [0.1, 0.15) is 0 Å². The molecular weight excluding hydrogens is 264 g/mol. The van der Waals surface area contributed by atoms with E-state index in [1.165, 1.54) is 0 Å². The first-order chi connectivity index (χ1) is 10.3. The summed E-state index contributed by atoms with van der Waals surface area (Å²) in [6, 6.07) is 12.7. The maximum Gasteiger partial charge on any atom is 0.336 e. The third-order valence-corrected chi connectivity index (χ3v) is 3.22. The van der Waals surface area contributed by atoms with Crippen LogP contribution in [-0.2, 0) is 0 Å². The lowest BCUT2D eigenvalue weighted by Crippen LogP contribution is -2.03. The minimum atomic E-state index is -0.965. The molecule has 0 unspecified atom stereocenters. The highest BCUT2D eigenvalue weighted by atomic mass is 16.4. The van der Waals surface area contributed by atoms with E-state index in [-0.39, 0.29) is 5.56 Å². The van der Waals surface area contributed by atoms with Crippen LogP contribution in [0.4, 0.5) is 0 Å². The molecule has 0 aliphatic carbocycles. The summed E-state index contributed by atoms with van der Waals surface area (Å²) in [5.41, 5.74) is 3.12. The molecule has 2 aromatic heterocycles. The van der Waals surface area contributed by atoms with Crippen LogP contribution in [-0.4, -0.2) is 21.0 Å². The second kappa shape index (κ2) is 5.54. The van der Waals surface area contributed by atoms with Gasteiger partial charge in [-0.3, -0.25) is 9.97 Å². The minimum Gasteiger partial charge on any atom is -0.478 e. The zero-order valence-corrected chi connectivity index (χ0v) is 11.1. The molecule has 0 amide bonds. The molecule has 0 aliphatic heterocycles. The summed E-state index contributed by atoms with van der Waals surface area (Å²) >= 11 is 0. The van der Waals surface area contributed by atoms with Crippen LogP contribution in [0.2, 0.25) is 0 Å². The number of carboxylic acid groups (broad SMARTS) is 1. The maximum absolute atomic E-state index is 11.7. The predicted molar refractivity (Wildman–Crippen MR) is 79.9 cm³/mol. The molecule has 0 atom stereocenters. The van der Waals surface area contributed by atoms with Crippen molar-refractivity contribution in [1.29, 1.82) is 0 Å². The third-order valence-electron chi connectivity index (χ3n) is 3.22. The van der Waals surface area contributed by atoms with Crippen molar-refractivity contribution in [2.45, 2.75) is 0 Å². The van der Waals surface area contributed by atoms with Gasteiger partial charge in [-0.25, -0.2) is 4.79 Å². The highest BCUT2D eigenvalue weighted by molar-refractivity contribution is 6.02. The SMILES string of the molecule is O=C(O)c1c(-c2cccnc2)cccc1-c1cccnc1. The molecule has 0 saturated heterocycles. The monoisotopic (exact) mass is 276 g/mol. The molecule has 0 fully saturated rings. The molecule has 4 heteroatoms. The fraction of sp³-hybridized carbons (Fsp3) is 0. The smallest absolute Gasteiger partial charge is 0.336 e. The van der Waals surface area contributed by atoms with Gasteiger partial charge in [-0.1, -0.05) is 30.3 Å². The first-order valence-corrected chi connectivity index (χ1v) is 6.44. The molecule has 21 heavy (non-hydrogen) atoms. The summed E-state index contributed by atoms with van der Waals surface area (Å²) in [6.45, 7) is 0. The number of benzene rings is 1. The lowest BCUT2D eigenvalue weighted by atomic mass is 9.93. The van der Waals surface area contributed by atoms with Crippen molar-refractivity contribution in [2.75, 3.05) is 0 Å². The van der Waals surface area contributed by atoms with Crippen molar-refractivity contribution < 1.29 is 9.90 Å². The van der Waals surface area contributed by atoms with Crippen LogP contribution in [0.15, 0.2) is 67.3 Å². The second-order valence-electron chi connectivity index (χ2n) is 4.52. The van der Waals surface area contributed by atoms with Crippen LogP contribution in [0, 0.1) is 0 Å². The lowest BCUT2D eigenvalue weighted by Gasteiger charge is -2.11. The average Bonchev–Trinajstić information content (AvgIpc) is 2.55. The van der Waals surface area contributed by atoms with E-state index in [9.17, 15) is 9.90 Å². The Bertz CT molecular complexity index is 714. The number of aromatic nitrogens is 2. The zero-order chi connectivity index (χ0) is 14.7. The highest BCUT2D eigenvalue weighted by Gasteiger charge is 2.17. The van der Waals surface area contributed by atoms with Gasteiger partial charge >= 0.3 is 5.97 Å². The Hall–Kier alpha value is -3.01. The van der Waals surface area contributed by atoms with E-state index < -0.39 is 5.97 Å². The fourth-order valence-corrected chi connectivity index (χ4v) is 2.31. The Balaban J connectivity index is 2.26. The van der Waals surface area contributed by atoms with Crippen molar-refractivity contribution in [2.24, 2.45) is 0 Å². The van der Waals surface area contributed by atoms with Crippen LogP contribution in [0.25, 0.3) is 22.3 Å². The average molecular weight is 276 g/mol. The number of hydrogen-bond acceptors (Lipinski definition) is 3. The Morgan fingerprint density at radius 3 is 1.71 bits per heavy atom. The van der Waals surface area contributed by atoms with Gasteiger partial charge < -0.3 is 5.11 Å². The summed E-state index contributed by atoms with van der Waals surface area (Å²) in [5, 5.41) is 9.63. The number of aromatic carboxylic acids is 1. The van der Waals surface area contributed by atoms with Crippen molar-refractivity contribution in [1.82, 2.24) is 9.97 Å². The fourth-order valence-electron chi connectivity index (χ4n) is 2.31. The quantitative estimate of drug-likeness (QED) is 0.795. The predicted octanol–water partition coefficient (Wildman–Crippen LogP) is 3.51. The summed E-state index contributed by atoms with van der Waals surface area (Å²) in [5.74, 6) is -0.965. The zero-order valence-electron chi connectivity index (χ0n) is 11.1. The molecule has 0 spiro atoms. The van der Waals surface area contributed by atoms with Gasteiger partial charge in [0, 0.05) is 35.9 Å². The first kappa shape index (κ1) is 13.0. The van der Waals surface area contributed by atoms with E-state index in [0.717, 1.165) is 11.1 Å². The normalized spacial score (nSPS) is 10.3. The number of carbonyl (C=O) groups is 1. The van der Waals surface area contributed by atoms with E-state index in [0.29, 0.717) is 11.1 Å². The van der Waals surface area contributed by atoms with Gasteiger partial charge in [-0.15, -0.1) is 0 Å². The van der Waals surface area contributed by atoms with Crippen LogP contribution in [0.5, 0.6) is 0 Å². The van der Waals surface area contributed by atoms with Crippen molar-refractivity contribution in [3.05, 3.63) is 72.8 Å². The lowest BCUT2D eigenvalue weighted by molar-refractivity contribution is 0.0698. The third kappa shape index (κ3) is 2.51. The Kier molecular flexibility index (Phi) is 3.43. The summed E-state index contributed by atoms with van der Waals surface area (Å²) < 4.78 is 0. The molecule has 0 bridgehead atoms. The Morgan fingerprint density at radius 2 is 1.33 bits per heavy atom. The molecule has 3 aromatic rings. The van der Waals surface area contributed by atoms with Crippen molar-refractivity contribution >= 4 is 5.97 Å². The van der Waals surface area contributed by atoms with Gasteiger partial charge in [0.05, 0.1) is 5.56 Å². The molecular formula is C17H12N2O2. The van der Waals surface area contributed by atoms with Crippen LogP contribution in [0.1, 0.15) is 10.4 Å². The molecule has 1 N–H and O–H groups in total. The maximum atomic E-state index is 11.7. The topological polar surface area (TPSA) is 63.1 Å². The van der Waals surface area contributed by atoms with E-state index in [1.54, 1.807) is 49.1 Å². The van der Waals surface area contributed by atoms with E-state index in [2.05, 4.69) is 9.97 Å². The van der Waals surface area contributed by atoms with Crippen molar-refractivity contribution in [3.8, 4) is 22.3 Å². The highest BCUT2D eigenvalue weighted by Crippen LogP contribution is 2.31. The molecule has 2 heterocycles. The molecule has 0 saturated carbocycles. The van der Waals surface area contributed by atoms with Gasteiger partial charge in [-0.05, 0) is 23.3 Å². The Labute approximate surface area is 121 Å². The van der Waals surface area contributed by atoms with E-state index in [4.69, 9.17) is 0 Å². The molecule has 1 aromatic carbocycles. The minimum absolute atomic E-state index is 0.263. The van der Waals surface area contributed by atoms with Crippen LogP contribution in [0.3, 0.4) is 0 Å². The number of carboxylic acids is 1. The number of hydrogen-bond donors (Lipinski definition) is 1. The first-order valence-electron chi connectivity index (χ1n) is 6.44. The van der Waals surface area contributed by atoms with E-state index >= 15 is 0 Å². The van der Waals surface area contributed by atoms with Gasteiger partial charge in [0.25, 0.3) is 0 Å². The number of nitrogens with zero attached hydrogens (tertiary/aromatic N) is 2. The van der Waals surface area contributed by atoms with Crippen LogP contribution < -0.4 is 0 Å². The number of rotatable bonds is 3. The molecule has 3 rings (SSSR count). The van der Waals surface area contributed by atoms with Gasteiger partial charge in [0.15, 0.2) is 0 Å². The molecule has 0 aliphatic rings. The summed E-state index contributed by atoms with van der Waals surface area (Å²) in [7, 11) is 0. The molecule has 102 valence electrons. The van der Waals surface area contributed by atoms with Gasteiger partial charge in [-0.2, -0.15) is 0 Å². The molecule has 0 radical (unpaired) electrons. The standard InChI is InChI=1S/C17H12N2O2/c20-17(21)16-14(12-4-2-8-18-10-12)6-1-7-15(16)13-5-3-9-19-11-13/h1-11H,(H,20,21).